The number of hydrogen-bond acceptors (Lipinski definition) is 38. The molecule has 0 aromatic heterocycles. The summed E-state index contributed by atoms with van der Waals surface area (Å²) in [4.78, 5) is 171. The van der Waals surface area contributed by atoms with Crippen LogP contribution in [0.5, 0.6) is 0 Å². The highest BCUT2D eigenvalue weighted by molar-refractivity contribution is 8.15. The number of ether oxygens (including phenoxy) is 5. The van der Waals surface area contributed by atoms with Gasteiger partial charge in [0.25, 0.3) is 21.6 Å². The van der Waals surface area contributed by atoms with Crippen LogP contribution in [0, 0.1) is 0 Å². The minimum atomic E-state index is -0.648. The Kier molecular flexibility index (Phi) is 63.6. The van der Waals surface area contributed by atoms with Gasteiger partial charge in [0.05, 0.1) is 74.8 Å². The van der Waals surface area contributed by atoms with Gasteiger partial charge in [0.15, 0.2) is 38.9 Å². The Labute approximate surface area is 744 Å². The average molecular weight is 1900 g/mol. The van der Waals surface area contributed by atoms with Crippen LogP contribution in [-0.4, -0.2) is 320 Å². The van der Waals surface area contributed by atoms with E-state index in [1.807, 2.05) is 10.6 Å². The summed E-state index contributed by atoms with van der Waals surface area (Å²) in [5.74, 6) is 4.30. The summed E-state index contributed by atoms with van der Waals surface area (Å²) >= 11 is 38.2. The zero-order valence-electron chi connectivity index (χ0n) is 64.8. The van der Waals surface area contributed by atoms with Gasteiger partial charge in [-0.25, -0.2) is 29.0 Å². The number of carbonyl (C=O) groups excluding carboxylic acids is 16. The molecule has 58 heteroatoms. The molecule has 26 N–H and O–H groups in total. The quantitative estimate of drug-likeness (QED) is 0.0796. The summed E-state index contributed by atoms with van der Waals surface area (Å²) in [6.07, 6.45) is 7.93. The molecule has 0 aromatic rings. The molecule has 120 heavy (non-hydrogen) atoms. The highest BCUT2D eigenvalue weighted by Crippen LogP contribution is 2.17. The SMILES string of the molecule is NC1=NCC(=O)N1.NC1=NCCN1.O=C1CCCN1.O=C1CCCS1.O=C1CCNC1.O=C1CNC(=O)N1.O=C1COC(=O)N1.O=C1COCN1.O=C1CSC(=O)N1.O=C1CSCN1.O=C1NCC(=S)N1.O=C1NCCN1.O=C1NCCO1.O=C1NCCS1.S=C1CCCN1.S=C1CCCO1.S=C1CNC(=S)N1.S=C1NCCN1.S=C1NCCO1. The summed E-state index contributed by atoms with van der Waals surface area (Å²) in [7, 11) is 0. The third-order valence-corrected chi connectivity index (χ3v) is 18.6. The van der Waals surface area contributed by atoms with E-state index >= 15 is 0 Å². The standard InChI is InChI=1S/2C4H7NO.C4H7NS.2C4H6OS.C3H5N3O.C3H7N3.C3H4N2O2.C3H4N2OS.C3H6N2O.C3H4N2S2.C3H6N2S.C3H3NO3.C3H3NO2S.2C3H5NO2.3C3H5NOS/c6-4-1-2-5-3-4;2*6-4-2-1-3-5-4;5-4-2-1-3-6-4;6-4-2-1-3-5-4;4-3-5-1-2(7)6-3;4-3-5-1-2-6-3;6-2-1-4-3(7)5-2;6-3-4-1-2(7)5-3;6-3-4-1-2-5-3;6-2-1-4-3(7)5-2;6-3-4-1-2-5-3;2*5-2-1-7-3(6)4-2;5-3-1-6-2-4-3;5-3-4-1-2-6-3;5-3-1-6-2-4-3;5-3-4-1-2-6-3;6-3-4-1-2-5-3/h5H,1-3H2;2*1-3H2,(H,5,6);2*1-3H2;1H2,(H3,4,5,6,7);1-2H2,(H3,4,5,6);2*1H2,(H2,4,5,6,7);1-2H2,(H2,4,5,6);1H2,(H2,4,5,6,7);1-2H2,(H2,4,5,6);2*1H2,(H,4,5,6);4*1-2H2,(H,4,5);1-2H2,(H,4,6). The van der Waals surface area contributed by atoms with Gasteiger partial charge in [-0.05, 0) is 81.0 Å². The van der Waals surface area contributed by atoms with Gasteiger partial charge in [0, 0.05) is 96.1 Å². The third-order valence-electron chi connectivity index (χ3n) is 13.2. The fraction of sp³-hybridized carbons (Fsp3) is 0.597. The second-order valence-electron chi connectivity index (χ2n) is 23.1. The number of nitrogens with zero attached hydrogens (tertiary/aromatic N) is 2. The monoisotopic (exact) mass is 1900 g/mol. The van der Waals surface area contributed by atoms with Crippen molar-refractivity contribution in [3.63, 3.8) is 0 Å². The molecule has 0 unspecified atom stereocenters. The fourth-order valence-electron chi connectivity index (χ4n) is 7.70. The molecule has 19 aliphatic heterocycles. The van der Waals surface area contributed by atoms with Gasteiger partial charge in [0.2, 0.25) is 35.4 Å². The van der Waals surface area contributed by atoms with Crippen molar-refractivity contribution in [1.82, 2.24) is 117 Å². The molecule has 17 fully saturated rings. The zero-order chi connectivity index (χ0) is 88.9. The molecule has 0 bridgehead atoms. The van der Waals surface area contributed by atoms with Crippen LogP contribution in [0.1, 0.15) is 57.8 Å². The molecule has 0 saturated carbocycles. The predicted octanol–water partition coefficient (Wildman–Crippen LogP) is -5.17. The van der Waals surface area contributed by atoms with Crippen LogP contribution >= 0.6 is 133 Å². The molecule has 0 radical (unpaired) electrons. The smallest absolute Gasteiger partial charge is 0.414 e. The number of rotatable bonds is 0. The van der Waals surface area contributed by atoms with Crippen molar-refractivity contribution >= 4 is 273 Å². The molecule has 47 nitrogen and oxygen atoms in total. The first-order chi connectivity index (χ1) is 57.3. The Morgan fingerprint density at radius 3 is 1.20 bits per heavy atom. The van der Waals surface area contributed by atoms with Gasteiger partial charge >= 0.3 is 30.3 Å². The normalized spacial score (nSPS) is 20.1. The van der Waals surface area contributed by atoms with Crippen molar-refractivity contribution in [1.29, 1.82) is 0 Å². The molecule has 0 spiro atoms. The maximum Gasteiger partial charge on any atom is 0.414 e. The number of nitrogens with one attached hydrogen (secondary N) is 22. The van der Waals surface area contributed by atoms with Crippen LogP contribution < -0.4 is 128 Å². The van der Waals surface area contributed by atoms with E-state index < -0.39 is 12.1 Å². The number of amides is 17. The Bertz CT molecular complexity index is 2790. The van der Waals surface area contributed by atoms with E-state index in [4.69, 9.17) is 69.8 Å². The number of imide groups is 3. The second-order valence-corrected chi connectivity index (χ2v) is 30.4. The van der Waals surface area contributed by atoms with Crippen LogP contribution in [0.4, 0.5) is 33.6 Å². The largest absolute Gasteiger partial charge is 0.487 e. The number of thioether (sulfide) groups is 4. The van der Waals surface area contributed by atoms with Crippen molar-refractivity contribution in [2.24, 2.45) is 21.5 Å². The van der Waals surface area contributed by atoms with Gasteiger partial charge in [-0.15, -0.1) is 11.8 Å². The number of cyclic esters (lactones) is 2. The first-order valence-electron chi connectivity index (χ1n) is 36.2. The molecule has 19 rings (SSSR count). The lowest BCUT2D eigenvalue weighted by molar-refractivity contribution is -0.120. The van der Waals surface area contributed by atoms with Crippen molar-refractivity contribution in [2.45, 2.75) is 57.8 Å². The Balaban J connectivity index is 0.000000634. The van der Waals surface area contributed by atoms with E-state index in [0.29, 0.717) is 83.2 Å². The number of urea groups is 3. The Morgan fingerprint density at radius 2 is 1.04 bits per heavy atom. The lowest BCUT2D eigenvalue weighted by Crippen LogP contribution is -2.30. The van der Waals surface area contributed by atoms with Gasteiger partial charge in [0.1, 0.15) is 48.9 Å². The number of thiocarbonyl (C=S) groups is 7. The summed E-state index contributed by atoms with van der Waals surface area (Å²) in [5.41, 5.74) is 10.2. The summed E-state index contributed by atoms with van der Waals surface area (Å²) in [5, 5.41) is 59.7. The lowest BCUT2D eigenvalue weighted by atomic mass is 10.4. The molecule has 17 amide bonds. The Morgan fingerprint density at radius 1 is 0.358 bits per heavy atom. The number of Topliss-reactive ketones (excluding diaryl/α,β-unsaturated/α-hetero) is 1. The number of carbonyl (C=O) groups is 16. The Hall–Kier alpha value is -9.39. The maximum absolute atomic E-state index is 10.2. The summed E-state index contributed by atoms with van der Waals surface area (Å²) in [6.45, 7) is 15.2. The van der Waals surface area contributed by atoms with E-state index in [-0.39, 0.29) is 102 Å². The molecule has 17 saturated heterocycles. The molecular formula is C62H100N26O21S11. The van der Waals surface area contributed by atoms with Crippen LogP contribution in [0.2, 0.25) is 0 Å². The van der Waals surface area contributed by atoms with Gasteiger partial charge in [-0.2, -0.15) is 0 Å². The second kappa shape index (κ2) is 70.3. The highest BCUT2D eigenvalue weighted by atomic mass is 32.2. The molecule has 19 aliphatic rings. The topological polar surface area (TPSA) is 661 Å². The van der Waals surface area contributed by atoms with Crippen molar-refractivity contribution in [3.05, 3.63) is 0 Å². The van der Waals surface area contributed by atoms with Gasteiger partial charge in [-0.1, -0.05) is 71.9 Å². The number of ketones is 1. The van der Waals surface area contributed by atoms with E-state index in [1.54, 1.807) is 11.8 Å². The molecule has 19 heterocycles. The molecule has 0 aromatic carbocycles. The van der Waals surface area contributed by atoms with Gasteiger partial charge in [-0.3, -0.25) is 79.0 Å². The zero-order valence-corrected chi connectivity index (χ0v) is 73.8. The van der Waals surface area contributed by atoms with Crippen molar-refractivity contribution in [2.75, 3.05) is 180 Å². The fourth-order valence-corrected chi connectivity index (χ4v) is 11.7. The third kappa shape index (κ3) is 68.4. The summed E-state index contributed by atoms with van der Waals surface area (Å²) in [6, 6.07) is -0.634. The number of aliphatic imine (C=N–C) groups is 2. The number of hydrogen-bond donors (Lipinski definition) is 24. The molecule has 0 atom stereocenters. The number of guanidine groups is 2. The average Bonchev–Trinajstić information content (AvgIpc) is 1.84. The first kappa shape index (κ1) is 109. The van der Waals surface area contributed by atoms with Gasteiger partial charge < -0.3 is 131 Å². The number of nitrogens with two attached hydrogens (primary N) is 2. The highest BCUT2D eigenvalue weighted by Gasteiger charge is 2.20. The van der Waals surface area contributed by atoms with Crippen LogP contribution in [0.25, 0.3) is 0 Å². The minimum Gasteiger partial charge on any atom is -0.487 e. The van der Waals surface area contributed by atoms with Crippen LogP contribution in [0.15, 0.2) is 9.98 Å². The lowest BCUT2D eigenvalue weighted by Gasteiger charge is -1.85. The predicted molar refractivity (Wildman–Crippen MR) is 477 cm³/mol. The van der Waals surface area contributed by atoms with Crippen molar-refractivity contribution in [3.8, 4) is 0 Å². The maximum atomic E-state index is 10.2. The molecule has 670 valence electrons. The minimum absolute atomic E-state index is 0.0185. The summed E-state index contributed by atoms with van der Waals surface area (Å²) < 4.78 is 22.8. The van der Waals surface area contributed by atoms with E-state index in [1.165, 1.54) is 29.9 Å². The molecule has 0 aliphatic carbocycles. The van der Waals surface area contributed by atoms with Crippen molar-refractivity contribution < 1.29 is 100 Å². The first-order valence-corrected chi connectivity index (χ1v) is 43.1. The van der Waals surface area contributed by atoms with Crippen LogP contribution in [-0.2, 0) is 66.8 Å². The van der Waals surface area contributed by atoms with E-state index in [0.717, 1.165) is 186 Å². The van der Waals surface area contributed by atoms with Crippen LogP contribution in [0.3, 0.4) is 0 Å². The van der Waals surface area contributed by atoms with E-state index in [2.05, 4.69) is 167 Å². The molecular weight excluding hydrogens is 1800 g/mol. The number of alkyl carbamates (subject to hydrolysis) is 2. The van der Waals surface area contributed by atoms with E-state index in [9.17, 15) is 76.7 Å².